The molecule has 1 fully saturated rings. The number of hydrogen-bond donors (Lipinski definition) is 3. The molecule has 0 radical (unpaired) electrons. The van der Waals surface area contributed by atoms with Gasteiger partial charge in [0.1, 0.15) is 0 Å². The predicted octanol–water partition coefficient (Wildman–Crippen LogP) is 2.23. The van der Waals surface area contributed by atoms with Crippen molar-refractivity contribution >= 4 is 23.5 Å². The van der Waals surface area contributed by atoms with Crippen molar-refractivity contribution in [3.63, 3.8) is 0 Å². The minimum atomic E-state index is -0.833. The first kappa shape index (κ1) is 21.4. The van der Waals surface area contributed by atoms with Crippen LogP contribution in [0.4, 0.5) is 0 Å². The van der Waals surface area contributed by atoms with E-state index in [-0.39, 0.29) is 24.0 Å². The van der Waals surface area contributed by atoms with Crippen molar-refractivity contribution in [2.45, 2.75) is 44.8 Å². The van der Waals surface area contributed by atoms with Crippen molar-refractivity contribution in [2.75, 3.05) is 13.7 Å². The number of halogens is 1. The van der Waals surface area contributed by atoms with E-state index < -0.39 is 5.97 Å². The molecule has 6 nitrogen and oxygen atoms in total. The summed E-state index contributed by atoms with van der Waals surface area (Å²) in [5.41, 5.74) is 7.16. The first-order valence-electron chi connectivity index (χ1n) is 8.33. The van der Waals surface area contributed by atoms with Crippen molar-refractivity contribution in [3.8, 4) is 0 Å². The fraction of sp³-hybridized carbons (Fsp3) is 0.556. The normalized spacial score (nSPS) is 22.5. The number of ether oxygens (including phenoxy) is 1. The Labute approximate surface area is 153 Å². The number of benzene rings is 1. The SMILES string of the molecule is CC(=O)O.CO[C@@H]1CC[C@H](C(=O)NCCc2cccc(Cl)c2)C[C@H]1N. The molecule has 0 heterocycles. The van der Waals surface area contributed by atoms with Crippen molar-refractivity contribution in [3.05, 3.63) is 34.9 Å². The Balaban J connectivity index is 0.000000705. The Hall–Kier alpha value is -1.63. The van der Waals surface area contributed by atoms with Crippen LogP contribution >= 0.6 is 11.6 Å². The Morgan fingerprint density at radius 2 is 2.08 bits per heavy atom. The zero-order valence-electron chi connectivity index (χ0n) is 14.7. The van der Waals surface area contributed by atoms with Crippen molar-refractivity contribution in [1.29, 1.82) is 0 Å². The number of nitrogens with one attached hydrogen (secondary N) is 1. The molecule has 2 rings (SSSR count). The summed E-state index contributed by atoms with van der Waals surface area (Å²) in [7, 11) is 1.68. The Bertz CT molecular complexity index is 564. The second-order valence-electron chi connectivity index (χ2n) is 6.14. The Kier molecular flexibility index (Phi) is 9.49. The summed E-state index contributed by atoms with van der Waals surface area (Å²) in [6, 6.07) is 7.65. The maximum absolute atomic E-state index is 12.2. The van der Waals surface area contributed by atoms with E-state index >= 15 is 0 Å². The minimum absolute atomic E-state index is 0.00533. The van der Waals surface area contributed by atoms with E-state index in [9.17, 15) is 4.79 Å². The summed E-state index contributed by atoms with van der Waals surface area (Å²) in [4.78, 5) is 21.2. The van der Waals surface area contributed by atoms with Gasteiger partial charge in [-0.2, -0.15) is 0 Å². The third-order valence-electron chi connectivity index (χ3n) is 4.11. The van der Waals surface area contributed by atoms with Crippen LogP contribution < -0.4 is 11.1 Å². The van der Waals surface area contributed by atoms with E-state index in [1.54, 1.807) is 7.11 Å². The van der Waals surface area contributed by atoms with E-state index in [1.165, 1.54) is 0 Å². The summed E-state index contributed by atoms with van der Waals surface area (Å²) in [5, 5.41) is 11.1. The molecule has 1 aliphatic rings. The zero-order valence-corrected chi connectivity index (χ0v) is 15.5. The summed E-state index contributed by atoms with van der Waals surface area (Å²) < 4.78 is 5.31. The molecule has 0 unspecified atom stereocenters. The number of carbonyl (C=O) groups is 2. The predicted molar refractivity (Wildman–Crippen MR) is 97.6 cm³/mol. The molecule has 4 N–H and O–H groups in total. The highest BCUT2D eigenvalue weighted by Crippen LogP contribution is 2.25. The highest BCUT2D eigenvalue weighted by Gasteiger charge is 2.31. The Morgan fingerprint density at radius 3 is 2.64 bits per heavy atom. The van der Waals surface area contributed by atoms with Gasteiger partial charge in [-0.25, -0.2) is 0 Å². The van der Waals surface area contributed by atoms with E-state index in [2.05, 4.69) is 5.32 Å². The van der Waals surface area contributed by atoms with E-state index in [4.69, 9.17) is 32.0 Å². The monoisotopic (exact) mass is 370 g/mol. The van der Waals surface area contributed by atoms with Crippen LogP contribution in [-0.4, -0.2) is 42.8 Å². The second kappa shape index (κ2) is 11.1. The summed E-state index contributed by atoms with van der Waals surface area (Å²) in [6.45, 7) is 1.71. The molecule has 0 aromatic heterocycles. The number of amides is 1. The topological polar surface area (TPSA) is 102 Å². The number of carbonyl (C=O) groups excluding carboxylic acids is 1. The molecule has 0 spiro atoms. The molecule has 1 aromatic rings. The van der Waals surface area contributed by atoms with Crippen LogP contribution in [0.3, 0.4) is 0 Å². The van der Waals surface area contributed by atoms with Crippen LogP contribution in [-0.2, 0) is 20.7 Å². The molecule has 1 saturated carbocycles. The quantitative estimate of drug-likeness (QED) is 0.737. The molecule has 3 atom stereocenters. The van der Waals surface area contributed by atoms with Gasteiger partial charge < -0.3 is 20.9 Å². The lowest BCUT2D eigenvalue weighted by Gasteiger charge is -2.32. The molecule has 1 aliphatic carbocycles. The number of hydrogen-bond acceptors (Lipinski definition) is 4. The number of nitrogens with two attached hydrogens (primary N) is 1. The number of carboxylic acids is 1. The first-order chi connectivity index (χ1) is 11.8. The minimum Gasteiger partial charge on any atom is -0.481 e. The van der Waals surface area contributed by atoms with Crippen molar-refractivity contribution in [2.24, 2.45) is 11.7 Å². The zero-order chi connectivity index (χ0) is 18.8. The van der Waals surface area contributed by atoms with Gasteiger partial charge in [0, 0.05) is 37.6 Å². The van der Waals surface area contributed by atoms with Crippen molar-refractivity contribution < 1.29 is 19.4 Å². The van der Waals surface area contributed by atoms with Crippen LogP contribution in [0.1, 0.15) is 31.7 Å². The molecule has 1 amide bonds. The maximum Gasteiger partial charge on any atom is 0.300 e. The van der Waals surface area contributed by atoms with Gasteiger partial charge in [0.25, 0.3) is 5.97 Å². The lowest BCUT2D eigenvalue weighted by molar-refractivity contribution is -0.134. The molecular formula is C18H27ClN2O4. The molecular weight excluding hydrogens is 344 g/mol. The van der Waals surface area contributed by atoms with E-state index in [1.807, 2.05) is 24.3 Å². The van der Waals surface area contributed by atoms with Crippen LogP contribution in [0.5, 0.6) is 0 Å². The molecule has 7 heteroatoms. The highest BCUT2D eigenvalue weighted by molar-refractivity contribution is 6.30. The summed E-state index contributed by atoms with van der Waals surface area (Å²) >= 11 is 5.94. The average molecular weight is 371 g/mol. The number of carboxylic acid groups (broad SMARTS) is 1. The number of methoxy groups -OCH3 is 1. The lowest BCUT2D eigenvalue weighted by atomic mass is 9.83. The maximum atomic E-state index is 12.2. The van der Waals surface area contributed by atoms with E-state index in [0.29, 0.717) is 13.0 Å². The molecule has 140 valence electrons. The van der Waals surface area contributed by atoms with Gasteiger partial charge in [0.2, 0.25) is 5.91 Å². The first-order valence-corrected chi connectivity index (χ1v) is 8.71. The third-order valence-corrected chi connectivity index (χ3v) is 4.34. The van der Waals surface area contributed by atoms with Crippen LogP contribution in [0.25, 0.3) is 0 Å². The van der Waals surface area contributed by atoms with Gasteiger partial charge in [0.05, 0.1) is 6.10 Å². The molecule has 25 heavy (non-hydrogen) atoms. The van der Waals surface area contributed by atoms with Gasteiger partial charge in [-0.15, -0.1) is 0 Å². The van der Waals surface area contributed by atoms with Gasteiger partial charge >= 0.3 is 0 Å². The van der Waals surface area contributed by atoms with Gasteiger partial charge in [-0.3, -0.25) is 9.59 Å². The largest absolute Gasteiger partial charge is 0.481 e. The molecule has 0 bridgehead atoms. The average Bonchev–Trinajstić information content (AvgIpc) is 2.54. The van der Waals surface area contributed by atoms with Crippen LogP contribution in [0.2, 0.25) is 5.02 Å². The van der Waals surface area contributed by atoms with Crippen LogP contribution in [0, 0.1) is 5.92 Å². The second-order valence-corrected chi connectivity index (χ2v) is 6.57. The summed E-state index contributed by atoms with van der Waals surface area (Å²) in [5.74, 6) is -0.729. The molecule has 0 aliphatic heterocycles. The highest BCUT2D eigenvalue weighted by atomic mass is 35.5. The van der Waals surface area contributed by atoms with Gasteiger partial charge in [-0.1, -0.05) is 23.7 Å². The van der Waals surface area contributed by atoms with Crippen molar-refractivity contribution in [1.82, 2.24) is 5.32 Å². The number of aliphatic carboxylic acids is 1. The van der Waals surface area contributed by atoms with Gasteiger partial charge in [0.15, 0.2) is 0 Å². The van der Waals surface area contributed by atoms with Crippen LogP contribution in [0.15, 0.2) is 24.3 Å². The lowest BCUT2D eigenvalue weighted by Crippen LogP contribution is -2.45. The smallest absolute Gasteiger partial charge is 0.300 e. The Morgan fingerprint density at radius 1 is 1.40 bits per heavy atom. The van der Waals surface area contributed by atoms with Gasteiger partial charge in [-0.05, 0) is 43.4 Å². The molecule has 1 aromatic carbocycles. The summed E-state index contributed by atoms with van der Waals surface area (Å²) in [6.07, 6.45) is 3.26. The fourth-order valence-electron chi connectivity index (χ4n) is 2.88. The third kappa shape index (κ3) is 8.34. The fourth-order valence-corrected chi connectivity index (χ4v) is 3.09. The van der Waals surface area contributed by atoms with E-state index in [0.717, 1.165) is 36.8 Å². The number of rotatable bonds is 5. The standard InChI is InChI=1S/C16H23ClN2O2.C2H4O2/c1-21-15-6-5-12(10-14(15)18)16(20)19-8-7-11-3-2-4-13(17)9-11;1-2(3)4/h2-4,9,12,14-15H,5-8,10,18H2,1H3,(H,19,20);1H3,(H,3,4)/t12-,14+,15+;/m0./s1. The molecule has 0 saturated heterocycles.